The molecule has 0 spiro atoms. The van der Waals surface area contributed by atoms with Gasteiger partial charge in [0.25, 0.3) is 0 Å². The molecule has 0 aliphatic carbocycles. The molecule has 1 aliphatic heterocycles. The van der Waals surface area contributed by atoms with Gasteiger partial charge >= 0.3 is 6.18 Å². The third-order valence-corrected chi connectivity index (χ3v) is 5.71. The summed E-state index contributed by atoms with van der Waals surface area (Å²) in [6.07, 6.45) is -2.88. The second-order valence-corrected chi connectivity index (χ2v) is 8.15. The third kappa shape index (κ3) is 7.46. The average Bonchev–Trinajstić information content (AvgIpc) is 2.59. The van der Waals surface area contributed by atoms with Crippen molar-refractivity contribution in [1.29, 1.82) is 0 Å². The van der Waals surface area contributed by atoms with E-state index in [1.54, 1.807) is 7.11 Å². The molecule has 27 heavy (non-hydrogen) atoms. The Labute approximate surface area is 163 Å². The van der Waals surface area contributed by atoms with Crippen LogP contribution in [0.1, 0.15) is 12.8 Å². The molecule has 0 bridgehead atoms. The van der Waals surface area contributed by atoms with Crippen LogP contribution in [0, 0.1) is 5.41 Å². The Morgan fingerprint density at radius 2 is 1.78 bits per heavy atom. The summed E-state index contributed by atoms with van der Waals surface area (Å²) >= 11 is 0. The van der Waals surface area contributed by atoms with Crippen molar-refractivity contribution >= 4 is 22.4 Å². The van der Waals surface area contributed by atoms with Gasteiger partial charge in [0.2, 0.25) is 10.0 Å². The summed E-state index contributed by atoms with van der Waals surface area (Å²) in [6, 6.07) is 4.85. The number of halogens is 4. The number of hydrogen-bond donors (Lipinski definition) is 2. The van der Waals surface area contributed by atoms with E-state index >= 15 is 0 Å². The highest BCUT2D eigenvalue weighted by molar-refractivity contribution is 7.89. The molecule has 6 nitrogen and oxygen atoms in total. The van der Waals surface area contributed by atoms with Crippen LogP contribution in [0.4, 0.5) is 13.2 Å². The molecule has 1 aromatic rings. The number of sulfonamides is 1. The van der Waals surface area contributed by atoms with E-state index in [9.17, 15) is 21.6 Å². The zero-order valence-electron chi connectivity index (χ0n) is 14.8. The van der Waals surface area contributed by atoms with Gasteiger partial charge in [0.1, 0.15) is 5.75 Å². The molecule has 1 aromatic carbocycles. The fourth-order valence-corrected chi connectivity index (χ4v) is 4.00. The standard InChI is InChI=1S/C16H23F3N2O4S.ClH/c1-24-11-15(6-8-20-9-7-15)10-21-26(22,23)14-4-2-13(3-5-14)25-12-16(17,18)19;/h2-5,20-21H,6-12H2,1H3;1H. The minimum absolute atomic E-state index is 0. The molecule has 0 atom stereocenters. The van der Waals surface area contributed by atoms with Gasteiger partial charge in [-0.2, -0.15) is 13.2 Å². The second-order valence-electron chi connectivity index (χ2n) is 6.38. The smallest absolute Gasteiger partial charge is 0.422 e. The predicted molar refractivity (Wildman–Crippen MR) is 96.8 cm³/mol. The molecule has 0 aromatic heterocycles. The molecule has 156 valence electrons. The van der Waals surface area contributed by atoms with E-state index in [-0.39, 0.29) is 35.0 Å². The first kappa shape index (κ1) is 24.0. The minimum Gasteiger partial charge on any atom is -0.484 e. The van der Waals surface area contributed by atoms with Gasteiger partial charge in [-0.15, -0.1) is 12.4 Å². The Kier molecular flexibility index (Phi) is 8.81. The zero-order valence-corrected chi connectivity index (χ0v) is 16.5. The number of alkyl halides is 3. The fourth-order valence-electron chi connectivity index (χ4n) is 2.85. The lowest BCUT2D eigenvalue weighted by Gasteiger charge is -2.37. The molecular weight excluding hydrogens is 409 g/mol. The zero-order chi connectivity index (χ0) is 19.3. The highest BCUT2D eigenvalue weighted by Crippen LogP contribution is 2.29. The Morgan fingerprint density at radius 3 is 2.30 bits per heavy atom. The molecule has 1 saturated heterocycles. The predicted octanol–water partition coefficient (Wildman–Crippen LogP) is 2.34. The lowest BCUT2D eigenvalue weighted by atomic mass is 9.80. The molecule has 11 heteroatoms. The van der Waals surface area contributed by atoms with Gasteiger partial charge in [0, 0.05) is 19.1 Å². The Hall–Kier alpha value is -1.07. The molecule has 0 radical (unpaired) electrons. The Morgan fingerprint density at radius 1 is 1.19 bits per heavy atom. The number of nitrogens with one attached hydrogen (secondary N) is 2. The van der Waals surface area contributed by atoms with Crippen molar-refractivity contribution in [3.8, 4) is 5.75 Å². The van der Waals surface area contributed by atoms with Gasteiger partial charge in [-0.25, -0.2) is 13.1 Å². The summed E-state index contributed by atoms with van der Waals surface area (Å²) in [6.45, 7) is 0.830. The fraction of sp³-hybridized carbons (Fsp3) is 0.625. The van der Waals surface area contributed by atoms with Crippen molar-refractivity contribution in [3.05, 3.63) is 24.3 Å². The molecule has 2 N–H and O–H groups in total. The Balaban J connectivity index is 0.00000364. The molecule has 0 unspecified atom stereocenters. The molecule has 1 fully saturated rings. The van der Waals surface area contributed by atoms with Crippen molar-refractivity contribution in [2.75, 3.05) is 40.0 Å². The summed E-state index contributed by atoms with van der Waals surface area (Å²) in [5, 5.41) is 3.23. The maximum atomic E-state index is 12.5. The second kappa shape index (κ2) is 9.92. The van der Waals surface area contributed by atoms with E-state index in [1.165, 1.54) is 24.3 Å². The van der Waals surface area contributed by atoms with Gasteiger partial charge in [-0.05, 0) is 50.2 Å². The Bertz CT molecular complexity index is 672. The van der Waals surface area contributed by atoms with E-state index in [0.717, 1.165) is 25.9 Å². The quantitative estimate of drug-likeness (QED) is 0.659. The van der Waals surface area contributed by atoms with Crippen LogP contribution in [-0.2, 0) is 14.8 Å². The lowest BCUT2D eigenvalue weighted by molar-refractivity contribution is -0.153. The lowest BCUT2D eigenvalue weighted by Crippen LogP contribution is -2.47. The van der Waals surface area contributed by atoms with Gasteiger partial charge in [-0.1, -0.05) is 0 Å². The molecule has 1 heterocycles. The van der Waals surface area contributed by atoms with E-state index in [1.807, 2.05) is 0 Å². The number of rotatable bonds is 8. The van der Waals surface area contributed by atoms with Crippen molar-refractivity contribution in [3.63, 3.8) is 0 Å². The summed E-state index contributed by atoms with van der Waals surface area (Å²) in [4.78, 5) is -0.0293. The van der Waals surface area contributed by atoms with Crippen molar-refractivity contribution < 1.29 is 31.1 Å². The topological polar surface area (TPSA) is 76.7 Å². The van der Waals surface area contributed by atoms with Gasteiger partial charge in [-0.3, -0.25) is 0 Å². The minimum atomic E-state index is -4.45. The van der Waals surface area contributed by atoms with E-state index in [2.05, 4.69) is 14.8 Å². The first-order chi connectivity index (χ1) is 12.2. The van der Waals surface area contributed by atoms with E-state index < -0.39 is 22.8 Å². The first-order valence-corrected chi connectivity index (χ1v) is 9.63. The highest BCUT2D eigenvalue weighted by Gasteiger charge is 2.33. The van der Waals surface area contributed by atoms with Crippen LogP contribution < -0.4 is 14.8 Å². The van der Waals surface area contributed by atoms with Crippen LogP contribution >= 0.6 is 12.4 Å². The van der Waals surface area contributed by atoms with E-state index in [4.69, 9.17) is 4.74 Å². The number of methoxy groups -OCH3 is 1. The maximum Gasteiger partial charge on any atom is 0.422 e. The molecular formula is C16H24ClF3N2O4S. The average molecular weight is 433 g/mol. The van der Waals surface area contributed by atoms with Gasteiger partial charge < -0.3 is 14.8 Å². The summed E-state index contributed by atoms with van der Waals surface area (Å²) < 4.78 is 73.8. The van der Waals surface area contributed by atoms with Crippen LogP contribution in [0.5, 0.6) is 5.75 Å². The molecule has 0 amide bonds. The normalized spacial score (nSPS) is 17.2. The summed E-state index contributed by atoms with van der Waals surface area (Å²) in [5.74, 6) is -0.0458. The van der Waals surface area contributed by atoms with Crippen molar-refractivity contribution in [2.45, 2.75) is 23.9 Å². The number of piperidine rings is 1. The van der Waals surface area contributed by atoms with Crippen LogP contribution in [0.3, 0.4) is 0 Å². The van der Waals surface area contributed by atoms with E-state index in [0.29, 0.717) is 6.61 Å². The summed E-state index contributed by atoms with van der Waals surface area (Å²) in [7, 11) is -2.20. The number of hydrogen-bond acceptors (Lipinski definition) is 5. The monoisotopic (exact) mass is 432 g/mol. The van der Waals surface area contributed by atoms with Crippen LogP contribution in [0.25, 0.3) is 0 Å². The van der Waals surface area contributed by atoms with Gasteiger partial charge in [0.15, 0.2) is 6.61 Å². The molecule has 2 rings (SSSR count). The molecule has 0 saturated carbocycles. The third-order valence-electron chi connectivity index (χ3n) is 4.29. The summed E-state index contributed by atoms with van der Waals surface area (Å²) in [5.41, 5.74) is -0.275. The van der Waals surface area contributed by atoms with Crippen LogP contribution in [-0.4, -0.2) is 54.6 Å². The molecule has 1 aliphatic rings. The number of ether oxygens (including phenoxy) is 2. The van der Waals surface area contributed by atoms with Crippen molar-refractivity contribution in [2.24, 2.45) is 5.41 Å². The first-order valence-electron chi connectivity index (χ1n) is 8.15. The van der Waals surface area contributed by atoms with Gasteiger partial charge in [0.05, 0.1) is 11.5 Å². The SMILES string of the molecule is COCC1(CNS(=O)(=O)c2ccc(OCC(F)(F)F)cc2)CCNCC1.Cl. The highest BCUT2D eigenvalue weighted by atomic mass is 35.5. The largest absolute Gasteiger partial charge is 0.484 e. The maximum absolute atomic E-state index is 12.5. The van der Waals surface area contributed by atoms with Crippen LogP contribution in [0.2, 0.25) is 0 Å². The number of benzene rings is 1. The van der Waals surface area contributed by atoms with Crippen molar-refractivity contribution in [1.82, 2.24) is 10.0 Å². The van der Waals surface area contributed by atoms with Crippen LogP contribution in [0.15, 0.2) is 29.2 Å².